The molecule has 1 heterocycles. The first-order valence-electron chi connectivity index (χ1n) is 14.4. The molecule has 1 aliphatic rings. The molecule has 1 aliphatic heterocycles. The molecule has 244 valence electrons. The van der Waals surface area contributed by atoms with Crippen molar-refractivity contribution in [3.63, 3.8) is 0 Å². The van der Waals surface area contributed by atoms with Crippen molar-refractivity contribution in [3.8, 4) is 0 Å². The molecule has 0 spiro atoms. The first kappa shape index (κ1) is 36.3. The zero-order chi connectivity index (χ0) is 33.3. The van der Waals surface area contributed by atoms with Gasteiger partial charge in [-0.25, -0.2) is 14.4 Å². The first-order valence-corrected chi connectivity index (χ1v) is 14.4. The van der Waals surface area contributed by atoms with Gasteiger partial charge in [-0.05, 0) is 65.8 Å². The van der Waals surface area contributed by atoms with Crippen molar-refractivity contribution in [2.75, 3.05) is 13.1 Å². The van der Waals surface area contributed by atoms with Gasteiger partial charge in [-0.15, -0.1) is 0 Å². The third-order valence-electron chi connectivity index (χ3n) is 6.47. The number of nitrogens with zero attached hydrogens (tertiary/aromatic N) is 1. The quantitative estimate of drug-likeness (QED) is 0.138. The van der Waals surface area contributed by atoms with E-state index in [0.717, 1.165) is 4.90 Å². The SMILES string of the molecule is CC(C)(C)OC(=O)NC(CC(=O)OCc1ccccc1)C(=O)N1C[C@@H](CCB(O)O)C[C@](NC(=O)OC(C)(C)C)(C(=O)O)C1. The molecule has 1 unspecified atom stereocenters. The Balaban J connectivity index is 2.37. The van der Waals surface area contributed by atoms with E-state index in [1.54, 1.807) is 71.9 Å². The number of ether oxygens (including phenoxy) is 3. The van der Waals surface area contributed by atoms with Gasteiger partial charge in [0.05, 0.1) is 13.0 Å². The summed E-state index contributed by atoms with van der Waals surface area (Å²) in [5, 5.41) is 34.0. The van der Waals surface area contributed by atoms with Crippen LogP contribution in [-0.2, 0) is 35.2 Å². The van der Waals surface area contributed by atoms with Crippen LogP contribution >= 0.6 is 0 Å². The van der Waals surface area contributed by atoms with Crippen LogP contribution < -0.4 is 10.6 Å². The lowest BCUT2D eigenvalue weighted by molar-refractivity contribution is -0.154. The van der Waals surface area contributed by atoms with Crippen molar-refractivity contribution in [3.05, 3.63) is 35.9 Å². The third kappa shape index (κ3) is 12.4. The standard InChI is InChI=1S/C29H44BN3O11/c1-27(2,3)43-25(38)31-21(14-22(34)42-17-19-10-8-7-9-11-19)23(35)33-16-20(12-13-30(40)41)15-29(18-33,24(36)37)32-26(39)44-28(4,5)6/h7-11,20-21,40-41H,12-18H2,1-6H3,(H,31,38)(H,32,39)(H,36,37)/t20-,21?,29+/m0/s1. The minimum atomic E-state index is -2.02. The topological polar surface area (TPSA) is 201 Å². The molecule has 1 aromatic carbocycles. The van der Waals surface area contributed by atoms with E-state index in [4.69, 9.17) is 14.2 Å². The van der Waals surface area contributed by atoms with E-state index in [9.17, 15) is 39.1 Å². The maximum atomic E-state index is 13.9. The largest absolute Gasteiger partial charge is 0.479 e. The molecule has 0 aliphatic carbocycles. The van der Waals surface area contributed by atoms with Crippen LogP contribution in [0.4, 0.5) is 9.59 Å². The molecule has 3 atom stereocenters. The summed E-state index contributed by atoms with van der Waals surface area (Å²) in [7, 11) is -1.68. The number of likely N-dealkylation sites (tertiary alicyclic amines) is 1. The van der Waals surface area contributed by atoms with Crippen molar-refractivity contribution in [2.45, 2.75) is 96.5 Å². The number of benzene rings is 1. The Morgan fingerprint density at radius 2 is 1.59 bits per heavy atom. The van der Waals surface area contributed by atoms with Crippen LogP contribution in [-0.4, -0.2) is 93.1 Å². The third-order valence-corrected chi connectivity index (χ3v) is 6.47. The lowest BCUT2D eigenvalue weighted by atomic mass is 9.75. The smallest absolute Gasteiger partial charge is 0.451 e. The fourth-order valence-electron chi connectivity index (χ4n) is 4.70. The monoisotopic (exact) mass is 621 g/mol. The second kappa shape index (κ2) is 15.2. The molecule has 1 aromatic rings. The number of aliphatic carboxylic acids is 1. The summed E-state index contributed by atoms with van der Waals surface area (Å²) < 4.78 is 15.9. The van der Waals surface area contributed by atoms with Gasteiger partial charge in [0.2, 0.25) is 5.91 Å². The lowest BCUT2D eigenvalue weighted by Gasteiger charge is -2.45. The number of amides is 3. The van der Waals surface area contributed by atoms with Gasteiger partial charge in [-0.2, -0.15) is 0 Å². The van der Waals surface area contributed by atoms with Crippen molar-refractivity contribution in [1.29, 1.82) is 0 Å². The maximum Gasteiger partial charge on any atom is 0.451 e. The van der Waals surface area contributed by atoms with Gasteiger partial charge < -0.3 is 44.9 Å². The molecular weight excluding hydrogens is 577 g/mol. The van der Waals surface area contributed by atoms with E-state index in [-0.39, 0.29) is 32.3 Å². The van der Waals surface area contributed by atoms with Gasteiger partial charge >= 0.3 is 31.2 Å². The number of carboxylic acid groups (broad SMARTS) is 1. The Kier molecular flexibility index (Phi) is 12.6. The molecule has 0 aromatic heterocycles. The summed E-state index contributed by atoms with van der Waals surface area (Å²) in [6.07, 6.45) is -2.79. The predicted molar refractivity (Wildman–Crippen MR) is 158 cm³/mol. The average Bonchev–Trinajstić information content (AvgIpc) is 2.88. The molecular formula is C29H44BN3O11. The van der Waals surface area contributed by atoms with Crippen LogP contribution in [0.3, 0.4) is 0 Å². The first-order chi connectivity index (χ1) is 20.3. The van der Waals surface area contributed by atoms with Crippen molar-refractivity contribution < 1.29 is 53.3 Å². The highest BCUT2D eigenvalue weighted by Gasteiger charge is 2.50. The Morgan fingerprint density at radius 1 is 1.00 bits per heavy atom. The van der Waals surface area contributed by atoms with E-state index >= 15 is 0 Å². The fraction of sp³-hybridized carbons (Fsp3) is 0.621. The predicted octanol–water partition coefficient (Wildman–Crippen LogP) is 2.07. The molecule has 1 saturated heterocycles. The van der Waals surface area contributed by atoms with Crippen molar-refractivity contribution in [1.82, 2.24) is 15.5 Å². The number of esters is 1. The number of alkyl carbamates (subject to hydrolysis) is 2. The van der Waals surface area contributed by atoms with E-state index in [0.29, 0.717) is 5.56 Å². The van der Waals surface area contributed by atoms with Crippen LogP contribution in [0.2, 0.25) is 6.32 Å². The molecule has 14 nitrogen and oxygen atoms in total. The highest BCUT2D eigenvalue weighted by atomic mass is 16.6. The zero-order valence-electron chi connectivity index (χ0n) is 26.1. The number of carboxylic acids is 1. The van der Waals surface area contributed by atoms with Gasteiger partial charge in [0, 0.05) is 6.54 Å². The fourth-order valence-corrected chi connectivity index (χ4v) is 4.70. The van der Waals surface area contributed by atoms with Gasteiger partial charge in [-0.1, -0.05) is 36.8 Å². The average molecular weight is 621 g/mol. The van der Waals surface area contributed by atoms with E-state index in [1.165, 1.54) is 0 Å². The molecule has 1 fully saturated rings. The number of rotatable bonds is 11. The highest BCUT2D eigenvalue weighted by Crippen LogP contribution is 2.31. The molecule has 0 saturated carbocycles. The van der Waals surface area contributed by atoms with E-state index in [2.05, 4.69) is 10.6 Å². The second-order valence-corrected chi connectivity index (χ2v) is 12.9. The Morgan fingerprint density at radius 3 is 2.14 bits per heavy atom. The van der Waals surface area contributed by atoms with Crippen molar-refractivity contribution in [2.24, 2.45) is 5.92 Å². The molecule has 15 heteroatoms. The number of hydrogen-bond donors (Lipinski definition) is 5. The summed E-state index contributed by atoms with van der Waals surface area (Å²) in [6, 6.07) is 7.31. The van der Waals surface area contributed by atoms with E-state index in [1.807, 2.05) is 0 Å². The summed E-state index contributed by atoms with van der Waals surface area (Å²) >= 11 is 0. The second-order valence-electron chi connectivity index (χ2n) is 12.9. The number of carbonyl (C=O) groups is 5. The van der Waals surface area contributed by atoms with Gasteiger partial charge in [0.15, 0.2) is 5.54 Å². The van der Waals surface area contributed by atoms with Crippen LogP contribution in [0.15, 0.2) is 30.3 Å². The highest BCUT2D eigenvalue weighted by molar-refractivity contribution is 6.40. The van der Waals surface area contributed by atoms with Crippen molar-refractivity contribution >= 4 is 37.2 Å². The number of carbonyl (C=O) groups excluding carboxylic acids is 4. The summed E-state index contributed by atoms with van der Waals surface area (Å²) in [4.78, 5) is 66.0. The van der Waals surface area contributed by atoms with E-state index < -0.39 is 78.8 Å². The number of piperidine rings is 1. The van der Waals surface area contributed by atoms with Gasteiger partial charge in [0.1, 0.15) is 23.9 Å². The van der Waals surface area contributed by atoms with Crippen LogP contribution in [0.1, 0.15) is 66.4 Å². The van der Waals surface area contributed by atoms with Crippen LogP contribution in [0.25, 0.3) is 0 Å². The maximum absolute atomic E-state index is 13.9. The normalized spacial score (nSPS) is 19.3. The number of hydrogen-bond acceptors (Lipinski definition) is 10. The zero-order valence-corrected chi connectivity index (χ0v) is 26.1. The number of nitrogens with one attached hydrogen (secondary N) is 2. The molecule has 2 rings (SSSR count). The van der Waals surface area contributed by atoms with Crippen LogP contribution in [0.5, 0.6) is 0 Å². The molecule has 3 amide bonds. The van der Waals surface area contributed by atoms with Crippen LogP contribution in [0, 0.1) is 5.92 Å². The molecule has 0 bridgehead atoms. The summed E-state index contributed by atoms with van der Waals surface area (Å²) in [5.41, 5.74) is -3.20. The Bertz CT molecular complexity index is 1170. The summed E-state index contributed by atoms with van der Waals surface area (Å²) in [6.45, 7) is 9.00. The summed E-state index contributed by atoms with van der Waals surface area (Å²) in [5.74, 6) is -3.70. The van der Waals surface area contributed by atoms with Gasteiger partial charge in [-0.3, -0.25) is 9.59 Å². The minimum absolute atomic E-state index is 0.0534. The molecule has 5 N–H and O–H groups in total. The molecule has 0 radical (unpaired) electrons. The van der Waals surface area contributed by atoms with Gasteiger partial charge in [0.25, 0.3) is 0 Å². The minimum Gasteiger partial charge on any atom is -0.479 e. The Hall–Kier alpha value is -3.85. The molecule has 44 heavy (non-hydrogen) atoms. The lowest BCUT2D eigenvalue weighted by Crippen LogP contribution is -2.67. The Labute approximate surface area is 257 Å².